The number of nitrogens with one attached hydrogen (secondary N) is 1. The standard InChI is InChI=1S/C34H43N3O4S/c1-3-28-18-14-15-23-32(28)37(42(40,41)30-21-12-7-13-22-30)26-33(38)36(25-24-27-16-8-5-9-17-27)31(4-2)34(39)35-29-19-10-6-11-20-29/h5,7-9,12-18,21-23,29,31H,3-4,6,10-11,19-20,24-26H2,1-2H3,(H,35,39)/t31-/m0/s1. The molecule has 1 saturated carbocycles. The van der Waals surface area contributed by atoms with Crippen LogP contribution in [-0.2, 0) is 32.5 Å². The van der Waals surface area contributed by atoms with Gasteiger partial charge in [-0.3, -0.25) is 13.9 Å². The quantitative estimate of drug-likeness (QED) is 0.275. The number of amides is 2. The molecule has 1 fully saturated rings. The first-order valence-corrected chi connectivity index (χ1v) is 16.6. The molecule has 42 heavy (non-hydrogen) atoms. The number of carbonyl (C=O) groups is 2. The van der Waals surface area contributed by atoms with E-state index in [1.807, 2.05) is 56.3 Å². The van der Waals surface area contributed by atoms with Gasteiger partial charge in [-0.25, -0.2) is 8.42 Å². The van der Waals surface area contributed by atoms with Gasteiger partial charge in [0.1, 0.15) is 12.6 Å². The number of aryl methyl sites for hydroxylation is 1. The maximum absolute atomic E-state index is 14.3. The van der Waals surface area contributed by atoms with Gasteiger partial charge < -0.3 is 10.2 Å². The van der Waals surface area contributed by atoms with Gasteiger partial charge in [-0.1, -0.05) is 99.8 Å². The van der Waals surface area contributed by atoms with Gasteiger partial charge in [0.05, 0.1) is 10.6 Å². The molecule has 3 aromatic carbocycles. The number of rotatable bonds is 13. The Balaban J connectivity index is 1.68. The van der Waals surface area contributed by atoms with Gasteiger partial charge in [0.15, 0.2) is 0 Å². The molecule has 4 rings (SSSR count). The van der Waals surface area contributed by atoms with Crippen molar-refractivity contribution in [2.24, 2.45) is 0 Å². The van der Waals surface area contributed by atoms with Gasteiger partial charge in [-0.15, -0.1) is 0 Å². The number of hydrogen-bond acceptors (Lipinski definition) is 4. The molecular weight excluding hydrogens is 546 g/mol. The van der Waals surface area contributed by atoms with Crippen LogP contribution in [0, 0.1) is 0 Å². The van der Waals surface area contributed by atoms with E-state index in [0.717, 1.165) is 36.8 Å². The van der Waals surface area contributed by atoms with Crippen LogP contribution in [0.3, 0.4) is 0 Å². The molecule has 224 valence electrons. The molecule has 0 radical (unpaired) electrons. The highest BCUT2D eigenvalue weighted by Gasteiger charge is 2.34. The first kappa shape index (κ1) is 31.3. The molecule has 0 aliphatic heterocycles. The molecule has 1 aliphatic carbocycles. The second-order valence-corrected chi connectivity index (χ2v) is 12.8. The number of anilines is 1. The first-order valence-electron chi connectivity index (χ1n) is 15.1. The monoisotopic (exact) mass is 589 g/mol. The third kappa shape index (κ3) is 7.79. The highest BCUT2D eigenvalue weighted by Crippen LogP contribution is 2.28. The molecule has 1 atom stereocenters. The summed E-state index contributed by atoms with van der Waals surface area (Å²) in [6.07, 6.45) is 6.81. The van der Waals surface area contributed by atoms with Crippen LogP contribution in [0.5, 0.6) is 0 Å². The third-order valence-corrected chi connectivity index (χ3v) is 9.85. The van der Waals surface area contributed by atoms with Crippen LogP contribution in [0.25, 0.3) is 0 Å². The lowest BCUT2D eigenvalue weighted by atomic mass is 9.95. The number of hydrogen-bond donors (Lipinski definition) is 1. The van der Waals surface area contributed by atoms with Crippen LogP contribution in [0.1, 0.15) is 63.5 Å². The predicted molar refractivity (Wildman–Crippen MR) is 168 cm³/mol. The van der Waals surface area contributed by atoms with E-state index in [-0.39, 0.29) is 16.8 Å². The van der Waals surface area contributed by atoms with Crippen molar-refractivity contribution in [1.82, 2.24) is 10.2 Å². The highest BCUT2D eigenvalue weighted by molar-refractivity contribution is 7.92. The zero-order chi connectivity index (χ0) is 30.0. The Kier molecular flexibility index (Phi) is 11.2. The fourth-order valence-electron chi connectivity index (χ4n) is 5.73. The Hall–Kier alpha value is -3.65. The largest absolute Gasteiger partial charge is 0.352 e. The Labute approximate surface area is 251 Å². The Bertz CT molecular complexity index is 1410. The molecule has 0 saturated heterocycles. The Morgan fingerprint density at radius 2 is 1.48 bits per heavy atom. The minimum atomic E-state index is -4.07. The van der Waals surface area contributed by atoms with Gasteiger partial charge >= 0.3 is 0 Å². The zero-order valence-corrected chi connectivity index (χ0v) is 25.6. The number of nitrogens with zero attached hydrogens (tertiary/aromatic N) is 2. The fourth-order valence-corrected chi connectivity index (χ4v) is 7.20. The molecule has 2 amide bonds. The lowest BCUT2D eigenvalue weighted by Gasteiger charge is -2.35. The molecular formula is C34H43N3O4S. The van der Waals surface area contributed by atoms with Crippen molar-refractivity contribution >= 4 is 27.5 Å². The molecule has 1 aliphatic rings. The molecule has 7 nitrogen and oxygen atoms in total. The van der Waals surface area contributed by atoms with Crippen LogP contribution in [-0.4, -0.2) is 50.3 Å². The second kappa shape index (κ2) is 15.0. The van der Waals surface area contributed by atoms with Gasteiger partial charge in [0.2, 0.25) is 11.8 Å². The third-order valence-electron chi connectivity index (χ3n) is 8.07. The van der Waals surface area contributed by atoms with Crippen molar-refractivity contribution in [2.75, 3.05) is 17.4 Å². The van der Waals surface area contributed by atoms with E-state index >= 15 is 0 Å². The fraction of sp³-hybridized carbons (Fsp3) is 0.412. The van der Waals surface area contributed by atoms with E-state index in [4.69, 9.17) is 0 Å². The topological polar surface area (TPSA) is 86.8 Å². The summed E-state index contributed by atoms with van der Waals surface area (Å²) in [6.45, 7) is 3.76. The summed E-state index contributed by atoms with van der Waals surface area (Å²) in [5.41, 5.74) is 2.34. The number of sulfonamides is 1. The summed E-state index contributed by atoms with van der Waals surface area (Å²) in [6, 6.07) is 24.7. The van der Waals surface area contributed by atoms with Crippen LogP contribution in [0.15, 0.2) is 89.8 Å². The minimum absolute atomic E-state index is 0.109. The molecule has 8 heteroatoms. The van der Waals surface area contributed by atoms with E-state index in [1.54, 1.807) is 47.4 Å². The van der Waals surface area contributed by atoms with Crippen molar-refractivity contribution in [3.63, 3.8) is 0 Å². The lowest BCUT2D eigenvalue weighted by molar-refractivity contribution is -0.140. The zero-order valence-electron chi connectivity index (χ0n) is 24.7. The summed E-state index contributed by atoms with van der Waals surface area (Å²) in [5.74, 6) is -0.570. The van der Waals surface area contributed by atoms with Crippen LogP contribution in [0.4, 0.5) is 5.69 Å². The minimum Gasteiger partial charge on any atom is -0.352 e. The summed E-state index contributed by atoms with van der Waals surface area (Å²) < 4.78 is 29.3. The van der Waals surface area contributed by atoms with Crippen molar-refractivity contribution in [2.45, 2.75) is 82.2 Å². The van der Waals surface area contributed by atoms with Gasteiger partial charge in [0, 0.05) is 12.6 Å². The average Bonchev–Trinajstić information content (AvgIpc) is 3.03. The number of carbonyl (C=O) groups excluding carboxylic acids is 2. The normalized spacial score (nSPS) is 14.6. The summed E-state index contributed by atoms with van der Waals surface area (Å²) in [4.78, 5) is 29.6. The number of benzene rings is 3. The van der Waals surface area contributed by atoms with E-state index in [0.29, 0.717) is 31.5 Å². The Morgan fingerprint density at radius 1 is 0.857 bits per heavy atom. The summed E-state index contributed by atoms with van der Waals surface area (Å²) >= 11 is 0. The molecule has 0 unspecified atom stereocenters. The average molecular weight is 590 g/mol. The Morgan fingerprint density at radius 3 is 2.12 bits per heavy atom. The van der Waals surface area contributed by atoms with Crippen LogP contribution in [0.2, 0.25) is 0 Å². The molecule has 1 N–H and O–H groups in total. The summed E-state index contributed by atoms with van der Waals surface area (Å²) in [5, 5.41) is 3.20. The number of para-hydroxylation sites is 1. The molecule has 0 aromatic heterocycles. The van der Waals surface area contributed by atoms with E-state index in [9.17, 15) is 18.0 Å². The SMILES string of the molecule is CCc1ccccc1N(CC(=O)N(CCc1ccccc1)[C@@H](CC)C(=O)NC1CCCCC1)S(=O)(=O)c1ccccc1. The van der Waals surface area contributed by atoms with E-state index in [1.165, 1.54) is 10.7 Å². The van der Waals surface area contributed by atoms with E-state index in [2.05, 4.69) is 5.32 Å². The van der Waals surface area contributed by atoms with E-state index < -0.39 is 28.5 Å². The van der Waals surface area contributed by atoms with Crippen molar-refractivity contribution < 1.29 is 18.0 Å². The van der Waals surface area contributed by atoms with Gasteiger partial charge in [-0.2, -0.15) is 0 Å². The summed E-state index contributed by atoms with van der Waals surface area (Å²) in [7, 11) is -4.07. The maximum Gasteiger partial charge on any atom is 0.264 e. The first-order chi connectivity index (χ1) is 20.3. The van der Waals surface area contributed by atoms with Crippen LogP contribution >= 0.6 is 0 Å². The van der Waals surface area contributed by atoms with Gasteiger partial charge in [0.25, 0.3) is 10.0 Å². The highest BCUT2D eigenvalue weighted by atomic mass is 32.2. The molecule has 3 aromatic rings. The van der Waals surface area contributed by atoms with Crippen LogP contribution < -0.4 is 9.62 Å². The lowest BCUT2D eigenvalue weighted by Crippen LogP contribution is -2.54. The molecule has 0 heterocycles. The van der Waals surface area contributed by atoms with Crippen molar-refractivity contribution in [3.8, 4) is 0 Å². The maximum atomic E-state index is 14.3. The van der Waals surface area contributed by atoms with Crippen molar-refractivity contribution in [3.05, 3.63) is 96.1 Å². The molecule has 0 bridgehead atoms. The molecule has 0 spiro atoms. The second-order valence-electron chi connectivity index (χ2n) is 10.9. The smallest absolute Gasteiger partial charge is 0.264 e. The predicted octanol–water partition coefficient (Wildman–Crippen LogP) is 5.74. The van der Waals surface area contributed by atoms with Gasteiger partial charge in [-0.05, 0) is 61.4 Å². The van der Waals surface area contributed by atoms with Crippen molar-refractivity contribution in [1.29, 1.82) is 0 Å².